The van der Waals surface area contributed by atoms with Crippen LogP contribution in [0.5, 0.6) is 17.2 Å². The summed E-state index contributed by atoms with van der Waals surface area (Å²) in [7, 11) is 0. The highest BCUT2D eigenvalue weighted by Gasteiger charge is 2.15. The Labute approximate surface area is 141 Å². The van der Waals surface area contributed by atoms with Gasteiger partial charge in [-0.3, -0.25) is 0 Å². The van der Waals surface area contributed by atoms with Crippen LogP contribution in [0.25, 0.3) is 0 Å². The maximum atomic E-state index is 12.5. The predicted octanol–water partition coefficient (Wildman–Crippen LogP) is 5.31. The van der Waals surface area contributed by atoms with E-state index in [0.717, 1.165) is 11.1 Å². The lowest BCUT2D eigenvalue weighted by molar-refractivity contribution is 0.0732. The monoisotopic (exact) mass is 318 g/mol. The van der Waals surface area contributed by atoms with Gasteiger partial charge in [-0.1, -0.05) is 36.4 Å². The third-order valence-electron chi connectivity index (χ3n) is 3.52. The molecule has 120 valence electrons. The summed E-state index contributed by atoms with van der Waals surface area (Å²) < 4.78 is 11.3. The molecule has 0 aliphatic heterocycles. The highest BCUT2D eigenvalue weighted by Crippen LogP contribution is 2.27. The zero-order chi connectivity index (χ0) is 16.9. The van der Waals surface area contributed by atoms with E-state index in [4.69, 9.17) is 9.47 Å². The van der Waals surface area contributed by atoms with Crippen molar-refractivity contribution in [2.45, 2.75) is 13.8 Å². The third kappa shape index (κ3) is 3.82. The molecule has 0 aliphatic rings. The summed E-state index contributed by atoms with van der Waals surface area (Å²) in [5.41, 5.74) is 2.51. The van der Waals surface area contributed by atoms with Crippen LogP contribution in [-0.2, 0) is 0 Å². The van der Waals surface area contributed by atoms with Gasteiger partial charge in [-0.25, -0.2) is 4.79 Å². The van der Waals surface area contributed by atoms with Crippen LogP contribution in [0.15, 0.2) is 72.8 Å². The lowest BCUT2D eigenvalue weighted by Crippen LogP contribution is -2.10. The summed E-state index contributed by atoms with van der Waals surface area (Å²) in [6.07, 6.45) is 0. The van der Waals surface area contributed by atoms with Crippen LogP contribution in [0, 0.1) is 13.8 Å². The number of para-hydroxylation sites is 1. The van der Waals surface area contributed by atoms with Crippen molar-refractivity contribution >= 4 is 5.97 Å². The van der Waals surface area contributed by atoms with Gasteiger partial charge in [0.2, 0.25) is 0 Å². The molecule has 24 heavy (non-hydrogen) atoms. The van der Waals surface area contributed by atoms with Gasteiger partial charge in [0.05, 0.1) is 0 Å². The average molecular weight is 318 g/mol. The minimum absolute atomic E-state index is 0.389. The number of esters is 1. The lowest BCUT2D eigenvalue weighted by Gasteiger charge is -2.11. The molecule has 3 heteroatoms. The van der Waals surface area contributed by atoms with E-state index in [0.29, 0.717) is 22.8 Å². The van der Waals surface area contributed by atoms with E-state index in [1.807, 2.05) is 62.4 Å². The van der Waals surface area contributed by atoms with Crippen LogP contribution in [0.3, 0.4) is 0 Å². The molecule has 0 bridgehead atoms. The molecule has 0 aliphatic carbocycles. The highest BCUT2D eigenvalue weighted by molar-refractivity contribution is 5.94. The Kier molecular flexibility index (Phi) is 4.62. The second-order valence-electron chi connectivity index (χ2n) is 5.62. The average Bonchev–Trinajstić information content (AvgIpc) is 2.55. The number of hydrogen-bond acceptors (Lipinski definition) is 3. The van der Waals surface area contributed by atoms with E-state index in [-0.39, 0.29) is 0 Å². The van der Waals surface area contributed by atoms with Gasteiger partial charge >= 0.3 is 5.97 Å². The zero-order valence-electron chi connectivity index (χ0n) is 13.7. The summed E-state index contributed by atoms with van der Waals surface area (Å²) in [5.74, 6) is 1.24. The van der Waals surface area contributed by atoms with Crippen LogP contribution in [-0.4, -0.2) is 5.97 Å². The summed E-state index contributed by atoms with van der Waals surface area (Å²) in [6.45, 7) is 3.94. The summed E-state index contributed by atoms with van der Waals surface area (Å²) in [4.78, 5) is 12.5. The quantitative estimate of drug-likeness (QED) is 0.483. The maximum Gasteiger partial charge on any atom is 0.347 e. The van der Waals surface area contributed by atoms with Crippen molar-refractivity contribution < 1.29 is 14.3 Å². The molecular formula is C21H18O3. The maximum absolute atomic E-state index is 12.5. The van der Waals surface area contributed by atoms with Crippen molar-refractivity contribution in [2.75, 3.05) is 0 Å². The first kappa shape index (κ1) is 15.8. The van der Waals surface area contributed by atoms with Gasteiger partial charge in [0.1, 0.15) is 22.8 Å². The second-order valence-corrected chi connectivity index (χ2v) is 5.62. The smallest absolute Gasteiger partial charge is 0.347 e. The van der Waals surface area contributed by atoms with Gasteiger partial charge < -0.3 is 9.47 Å². The molecule has 3 aromatic carbocycles. The van der Waals surface area contributed by atoms with Crippen LogP contribution in [0.1, 0.15) is 21.5 Å². The van der Waals surface area contributed by atoms with Crippen LogP contribution in [0.2, 0.25) is 0 Å². The van der Waals surface area contributed by atoms with Gasteiger partial charge in [-0.2, -0.15) is 0 Å². The molecule has 0 fully saturated rings. The highest BCUT2D eigenvalue weighted by atomic mass is 16.5. The molecule has 0 saturated carbocycles. The molecule has 0 saturated heterocycles. The molecule has 3 aromatic rings. The Bertz CT molecular complexity index is 868. The minimum atomic E-state index is -0.441. The minimum Gasteiger partial charge on any atom is -0.456 e. The third-order valence-corrected chi connectivity index (χ3v) is 3.52. The first-order valence-corrected chi connectivity index (χ1v) is 7.74. The predicted molar refractivity (Wildman–Crippen MR) is 93.8 cm³/mol. The van der Waals surface area contributed by atoms with E-state index in [9.17, 15) is 4.79 Å². The Morgan fingerprint density at radius 3 is 2.08 bits per heavy atom. The van der Waals surface area contributed by atoms with E-state index < -0.39 is 5.97 Å². The topological polar surface area (TPSA) is 35.5 Å². The molecular weight excluding hydrogens is 300 g/mol. The molecule has 0 spiro atoms. The molecule has 0 atom stereocenters. The summed E-state index contributed by atoms with van der Waals surface area (Å²) in [5, 5.41) is 0. The van der Waals surface area contributed by atoms with E-state index >= 15 is 0 Å². The van der Waals surface area contributed by atoms with Crippen molar-refractivity contribution in [3.8, 4) is 17.2 Å². The number of ether oxygens (including phenoxy) is 2. The number of carbonyl (C=O) groups excluding carboxylic acids is 1. The molecule has 3 nitrogen and oxygen atoms in total. The fourth-order valence-corrected chi connectivity index (χ4v) is 2.37. The van der Waals surface area contributed by atoms with Gasteiger partial charge in [0.25, 0.3) is 0 Å². The lowest BCUT2D eigenvalue weighted by atomic mass is 10.2. The second kappa shape index (κ2) is 7.01. The summed E-state index contributed by atoms with van der Waals surface area (Å²) >= 11 is 0. The van der Waals surface area contributed by atoms with Crippen molar-refractivity contribution in [1.82, 2.24) is 0 Å². The van der Waals surface area contributed by atoms with E-state index in [1.165, 1.54) is 0 Å². The first-order chi connectivity index (χ1) is 11.6. The molecule has 0 radical (unpaired) electrons. The molecule has 0 unspecified atom stereocenters. The molecule has 0 heterocycles. The molecule has 0 aromatic heterocycles. The number of rotatable bonds is 4. The normalized spacial score (nSPS) is 10.2. The van der Waals surface area contributed by atoms with E-state index in [2.05, 4.69) is 0 Å². The van der Waals surface area contributed by atoms with Crippen molar-refractivity contribution in [3.05, 3.63) is 89.5 Å². The zero-order valence-corrected chi connectivity index (χ0v) is 13.7. The van der Waals surface area contributed by atoms with Crippen molar-refractivity contribution in [3.63, 3.8) is 0 Å². The standard InChI is InChI=1S/C21H18O3/c1-15-7-5-9-17(13-15)23-20-12-4-3-11-19(20)21(22)24-18-10-6-8-16(2)14-18/h3-14H,1-2H3. The Balaban J connectivity index is 1.84. The number of aryl methyl sites for hydroxylation is 2. The fraction of sp³-hybridized carbons (Fsp3) is 0.0952. The Morgan fingerprint density at radius 1 is 0.750 bits per heavy atom. The fourth-order valence-electron chi connectivity index (χ4n) is 2.37. The molecule has 0 N–H and O–H groups in total. The molecule has 3 rings (SSSR count). The van der Waals surface area contributed by atoms with Gasteiger partial charge in [-0.05, 0) is 61.4 Å². The Morgan fingerprint density at radius 2 is 1.38 bits per heavy atom. The van der Waals surface area contributed by atoms with Crippen LogP contribution < -0.4 is 9.47 Å². The van der Waals surface area contributed by atoms with E-state index in [1.54, 1.807) is 24.3 Å². The van der Waals surface area contributed by atoms with Gasteiger partial charge in [-0.15, -0.1) is 0 Å². The largest absolute Gasteiger partial charge is 0.456 e. The van der Waals surface area contributed by atoms with Crippen molar-refractivity contribution in [1.29, 1.82) is 0 Å². The molecule has 0 amide bonds. The SMILES string of the molecule is Cc1cccc(OC(=O)c2ccccc2Oc2cccc(C)c2)c1. The van der Waals surface area contributed by atoms with Gasteiger partial charge in [0.15, 0.2) is 0 Å². The summed E-state index contributed by atoms with van der Waals surface area (Å²) in [6, 6.07) is 22.1. The number of hydrogen-bond donors (Lipinski definition) is 0. The number of benzene rings is 3. The van der Waals surface area contributed by atoms with Crippen LogP contribution in [0.4, 0.5) is 0 Å². The van der Waals surface area contributed by atoms with Crippen molar-refractivity contribution in [2.24, 2.45) is 0 Å². The van der Waals surface area contributed by atoms with Crippen LogP contribution >= 0.6 is 0 Å². The first-order valence-electron chi connectivity index (χ1n) is 7.74. The Hall–Kier alpha value is -3.07. The van der Waals surface area contributed by atoms with Gasteiger partial charge in [0, 0.05) is 0 Å². The number of carbonyl (C=O) groups is 1.